The maximum Gasteiger partial charge on any atom is 0.138 e. The van der Waals surface area contributed by atoms with Gasteiger partial charge in [-0.05, 0) is 26.7 Å². The van der Waals surface area contributed by atoms with Crippen molar-refractivity contribution in [3.05, 3.63) is 11.6 Å². The predicted molar refractivity (Wildman–Crippen MR) is 52.4 cm³/mol. The third kappa shape index (κ3) is 2.96. The molecule has 1 N–H and O–H groups in total. The Kier molecular flexibility index (Phi) is 3.67. The van der Waals surface area contributed by atoms with Crippen LogP contribution >= 0.6 is 0 Å². The molecule has 0 bridgehead atoms. The number of carbonyl (C=O) groups is 1. The number of aliphatic hydroxyl groups excluding tert-OH is 1. The Labute approximate surface area is 79.6 Å². The van der Waals surface area contributed by atoms with Crippen molar-refractivity contribution in [1.29, 1.82) is 0 Å². The van der Waals surface area contributed by atoms with Crippen molar-refractivity contribution in [2.75, 3.05) is 0 Å². The molecule has 0 saturated heterocycles. The van der Waals surface area contributed by atoms with Crippen LogP contribution in [-0.2, 0) is 4.79 Å². The van der Waals surface area contributed by atoms with Crippen LogP contribution in [0.25, 0.3) is 0 Å². The first-order valence-electron chi connectivity index (χ1n) is 4.97. The van der Waals surface area contributed by atoms with Crippen LogP contribution in [0.5, 0.6) is 0 Å². The molecule has 2 atom stereocenters. The Bertz CT molecular complexity index is 214. The second-order valence-electron chi connectivity index (χ2n) is 4.05. The largest absolute Gasteiger partial charge is 0.388 e. The van der Waals surface area contributed by atoms with E-state index in [9.17, 15) is 9.90 Å². The Hall–Kier alpha value is -0.630. The maximum absolute atomic E-state index is 11.4. The average molecular weight is 182 g/mol. The van der Waals surface area contributed by atoms with Crippen molar-refractivity contribution in [2.24, 2.45) is 5.92 Å². The molecule has 1 aliphatic carbocycles. The van der Waals surface area contributed by atoms with E-state index in [1.165, 1.54) is 0 Å². The minimum atomic E-state index is -0.558. The number of hydrogen-bond donors (Lipinski definition) is 1. The molecule has 1 rings (SSSR count). The quantitative estimate of drug-likeness (QED) is 0.664. The molecule has 0 heterocycles. The third-order valence-corrected chi connectivity index (χ3v) is 2.52. The van der Waals surface area contributed by atoms with Gasteiger partial charge in [0.2, 0.25) is 0 Å². The molecule has 0 amide bonds. The van der Waals surface area contributed by atoms with Crippen LogP contribution in [0.1, 0.15) is 39.5 Å². The summed E-state index contributed by atoms with van der Waals surface area (Å²) in [5.41, 5.74) is 1.07. The van der Waals surface area contributed by atoms with Crippen LogP contribution < -0.4 is 0 Å². The number of hydrogen-bond acceptors (Lipinski definition) is 2. The zero-order valence-corrected chi connectivity index (χ0v) is 8.42. The normalized spacial score (nSPS) is 25.5. The highest BCUT2D eigenvalue weighted by molar-refractivity contribution is 5.82. The number of allylic oxidation sites excluding steroid dienone is 1. The molecular weight excluding hydrogens is 164 g/mol. The molecule has 1 saturated carbocycles. The van der Waals surface area contributed by atoms with Gasteiger partial charge in [0.1, 0.15) is 5.78 Å². The Balaban J connectivity index is 2.58. The Morgan fingerprint density at radius 2 is 2.23 bits per heavy atom. The summed E-state index contributed by atoms with van der Waals surface area (Å²) in [5.74, 6) is 0.0971. The fourth-order valence-electron chi connectivity index (χ4n) is 1.83. The third-order valence-electron chi connectivity index (χ3n) is 2.52. The molecular formula is C11H18O2. The number of ketones is 1. The summed E-state index contributed by atoms with van der Waals surface area (Å²) in [6, 6.07) is 0. The molecule has 1 aliphatic rings. The molecule has 1 fully saturated rings. The number of carbonyl (C=O) groups excluding carboxylic acids is 1. The first-order chi connectivity index (χ1) is 6.11. The number of rotatable bonds is 2. The van der Waals surface area contributed by atoms with E-state index in [1.807, 2.05) is 13.8 Å². The summed E-state index contributed by atoms with van der Waals surface area (Å²) >= 11 is 0. The predicted octanol–water partition coefficient (Wildman–Crippen LogP) is 2.07. The summed E-state index contributed by atoms with van der Waals surface area (Å²) in [4.78, 5) is 11.4. The van der Waals surface area contributed by atoms with Gasteiger partial charge in [0.25, 0.3) is 0 Å². The van der Waals surface area contributed by atoms with Gasteiger partial charge in [0.05, 0.1) is 6.10 Å². The van der Waals surface area contributed by atoms with E-state index in [0.717, 1.165) is 24.8 Å². The number of aliphatic hydroxyl groups is 1. The zero-order chi connectivity index (χ0) is 9.84. The van der Waals surface area contributed by atoms with Gasteiger partial charge in [-0.3, -0.25) is 4.79 Å². The minimum absolute atomic E-state index is 0.136. The highest BCUT2D eigenvalue weighted by atomic mass is 16.3. The van der Waals surface area contributed by atoms with Crippen LogP contribution in [-0.4, -0.2) is 17.0 Å². The van der Waals surface area contributed by atoms with Crippen molar-refractivity contribution in [3.8, 4) is 0 Å². The first-order valence-corrected chi connectivity index (χ1v) is 4.97. The minimum Gasteiger partial charge on any atom is -0.388 e. The Morgan fingerprint density at radius 3 is 2.77 bits per heavy atom. The molecule has 0 spiro atoms. The van der Waals surface area contributed by atoms with Crippen LogP contribution in [0.4, 0.5) is 0 Å². The molecule has 0 aromatic heterocycles. The van der Waals surface area contributed by atoms with E-state index in [-0.39, 0.29) is 11.7 Å². The molecule has 2 heteroatoms. The van der Waals surface area contributed by atoms with Crippen molar-refractivity contribution in [3.63, 3.8) is 0 Å². The van der Waals surface area contributed by atoms with E-state index >= 15 is 0 Å². The van der Waals surface area contributed by atoms with Gasteiger partial charge in [-0.15, -0.1) is 0 Å². The van der Waals surface area contributed by atoms with Crippen LogP contribution in [0.2, 0.25) is 0 Å². The van der Waals surface area contributed by atoms with Gasteiger partial charge in [0.15, 0.2) is 0 Å². The van der Waals surface area contributed by atoms with Crippen LogP contribution in [0.3, 0.4) is 0 Å². The summed E-state index contributed by atoms with van der Waals surface area (Å²) < 4.78 is 0. The summed E-state index contributed by atoms with van der Waals surface area (Å²) in [5, 5.41) is 9.72. The molecule has 13 heavy (non-hydrogen) atoms. The SMILES string of the molecule is CC(C)=CC(O)C1CCCCC1=O. The van der Waals surface area contributed by atoms with Crippen molar-refractivity contribution < 1.29 is 9.90 Å². The smallest absolute Gasteiger partial charge is 0.138 e. The molecule has 2 unspecified atom stereocenters. The van der Waals surface area contributed by atoms with Crippen molar-refractivity contribution >= 4 is 5.78 Å². The maximum atomic E-state index is 11.4. The van der Waals surface area contributed by atoms with Gasteiger partial charge < -0.3 is 5.11 Å². The standard InChI is InChI=1S/C11H18O2/c1-8(2)7-11(13)9-5-3-4-6-10(9)12/h7,9,11,13H,3-6H2,1-2H3. The topological polar surface area (TPSA) is 37.3 Å². The van der Waals surface area contributed by atoms with E-state index in [1.54, 1.807) is 6.08 Å². The van der Waals surface area contributed by atoms with E-state index in [4.69, 9.17) is 0 Å². The summed E-state index contributed by atoms with van der Waals surface area (Å²) in [6.07, 6.45) is 4.80. The average Bonchev–Trinajstić information content (AvgIpc) is 2.03. The lowest BCUT2D eigenvalue weighted by Gasteiger charge is -2.23. The van der Waals surface area contributed by atoms with E-state index in [2.05, 4.69) is 0 Å². The molecule has 2 nitrogen and oxygen atoms in total. The molecule has 0 aliphatic heterocycles. The van der Waals surface area contributed by atoms with Crippen molar-refractivity contribution in [2.45, 2.75) is 45.6 Å². The fourth-order valence-corrected chi connectivity index (χ4v) is 1.83. The highest BCUT2D eigenvalue weighted by Crippen LogP contribution is 2.24. The summed E-state index contributed by atoms with van der Waals surface area (Å²) in [7, 11) is 0. The first kappa shape index (κ1) is 10.5. The molecule has 0 radical (unpaired) electrons. The number of Topliss-reactive ketones (excluding diaryl/α,β-unsaturated/α-hetero) is 1. The monoisotopic (exact) mass is 182 g/mol. The van der Waals surface area contributed by atoms with Gasteiger partial charge in [-0.2, -0.15) is 0 Å². The highest BCUT2D eigenvalue weighted by Gasteiger charge is 2.27. The van der Waals surface area contributed by atoms with Crippen LogP contribution in [0.15, 0.2) is 11.6 Å². The molecule has 0 aromatic carbocycles. The lowest BCUT2D eigenvalue weighted by molar-refractivity contribution is -0.127. The Morgan fingerprint density at radius 1 is 1.54 bits per heavy atom. The van der Waals surface area contributed by atoms with Crippen molar-refractivity contribution in [1.82, 2.24) is 0 Å². The van der Waals surface area contributed by atoms with E-state index < -0.39 is 6.10 Å². The lowest BCUT2D eigenvalue weighted by atomic mass is 9.83. The van der Waals surface area contributed by atoms with Crippen LogP contribution in [0, 0.1) is 5.92 Å². The fraction of sp³-hybridized carbons (Fsp3) is 0.727. The molecule has 74 valence electrons. The van der Waals surface area contributed by atoms with Gasteiger partial charge in [-0.25, -0.2) is 0 Å². The second-order valence-corrected chi connectivity index (χ2v) is 4.05. The second kappa shape index (κ2) is 4.56. The summed E-state index contributed by atoms with van der Waals surface area (Å²) in [6.45, 7) is 3.88. The van der Waals surface area contributed by atoms with E-state index in [0.29, 0.717) is 6.42 Å². The van der Waals surface area contributed by atoms with Gasteiger partial charge in [-0.1, -0.05) is 18.1 Å². The lowest BCUT2D eigenvalue weighted by Crippen LogP contribution is -2.29. The van der Waals surface area contributed by atoms with Gasteiger partial charge >= 0.3 is 0 Å². The zero-order valence-electron chi connectivity index (χ0n) is 8.42. The molecule has 0 aromatic rings. The van der Waals surface area contributed by atoms with Gasteiger partial charge in [0, 0.05) is 12.3 Å².